The highest BCUT2D eigenvalue weighted by Crippen LogP contribution is 2.10. The van der Waals surface area contributed by atoms with Gasteiger partial charge in [0.05, 0.1) is 23.9 Å². The number of nitrogens with one attached hydrogen (secondary N) is 2. The van der Waals surface area contributed by atoms with Crippen LogP contribution in [0.2, 0.25) is 0 Å². The number of hydrogen-bond acceptors (Lipinski definition) is 4. The molecule has 0 radical (unpaired) electrons. The predicted molar refractivity (Wildman–Crippen MR) is 111 cm³/mol. The zero-order valence-corrected chi connectivity index (χ0v) is 17.2. The number of guanidine groups is 1. The van der Waals surface area contributed by atoms with E-state index in [0.29, 0.717) is 6.54 Å². The fraction of sp³-hybridized carbons (Fsp3) is 0.412. The summed E-state index contributed by atoms with van der Waals surface area (Å²) in [6.45, 7) is 6.25. The summed E-state index contributed by atoms with van der Waals surface area (Å²) in [7, 11) is 0. The maximum absolute atomic E-state index is 9.37. The molecule has 0 atom stereocenters. The van der Waals surface area contributed by atoms with Crippen LogP contribution in [0, 0.1) is 6.92 Å². The first kappa shape index (κ1) is 20.9. The topological polar surface area (TPSA) is 69.5 Å². The van der Waals surface area contributed by atoms with Crippen molar-refractivity contribution in [3.8, 4) is 0 Å². The predicted octanol–water partition coefficient (Wildman–Crippen LogP) is 2.86. The Balaban J connectivity index is 0.00000288. The lowest BCUT2D eigenvalue weighted by atomic mass is 10.1. The van der Waals surface area contributed by atoms with E-state index in [0.717, 1.165) is 47.3 Å². The molecule has 0 spiro atoms. The van der Waals surface area contributed by atoms with Gasteiger partial charge in [-0.05, 0) is 25.0 Å². The third-order valence-corrected chi connectivity index (χ3v) is 4.20. The Kier molecular flexibility index (Phi) is 9.89. The minimum Gasteiger partial charge on any atom is -0.392 e. The van der Waals surface area contributed by atoms with E-state index in [-0.39, 0.29) is 30.6 Å². The number of nitrogens with zero attached hydrogens (tertiary/aromatic N) is 2. The molecule has 5 nitrogen and oxygen atoms in total. The van der Waals surface area contributed by atoms with E-state index in [1.807, 2.05) is 38.1 Å². The van der Waals surface area contributed by atoms with Crippen molar-refractivity contribution in [2.45, 2.75) is 33.4 Å². The smallest absolute Gasteiger partial charge is 0.191 e. The van der Waals surface area contributed by atoms with Crippen molar-refractivity contribution in [2.75, 3.05) is 13.1 Å². The lowest BCUT2D eigenvalue weighted by Gasteiger charge is -2.11. The van der Waals surface area contributed by atoms with Crippen molar-refractivity contribution in [3.05, 3.63) is 51.5 Å². The molecule has 1 aromatic heterocycles. The van der Waals surface area contributed by atoms with Gasteiger partial charge in [-0.3, -0.25) is 0 Å². The van der Waals surface area contributed by atoms with Gasteiger partial charge < -0.3 is 15.7 Å². The Morgan fingerprint density at radius 1 is 1.25 bits per heavy atom. The summed E-state index contributed by atoms with van der Waals surface area (Å²) in [4.78, 5) is 9.05. The van der Waals surface area contributed by atoms with Crippen molar-refractivity contribution in [3.63, 3.8) is 0 Å². The monoisotopic (exact) mass is 460 g/mol. The Bertz CT molecular complexity index is 645. The minimum absolute atomic E-state index is 0. The van der Waals surface area contributed by atoms with E-state index >= 15 is 0 Å². The molecule has 0 aliphatic carbocycles. The third-order valence-electron chi connectivity index (χ3n) is 3.38. The first-order chi connectivity index (χ1) is 11.2. The minimum atomic E-state index is 0. The lowest BCUT2D eigenvalue weighted by Crippen LogP contribution is -2.38. The highest BCUT2D eigenvalue weighted by atomic mass is 127. The largest absolute Gasteiger partial charge is 0.392 e. The number of aliphatic hydroxyl groups is 1. The van der Waals surface area contributed by atoms with Crippen LogP contribution >= 0.6 is 35.3 Å². The molecule has 0 saturated carbocycles. The van der Waals surface area contributed by atoms with Crippen molar-refractivity contribution >= 4 is 41.3 Å². The van der Waals surface area contributed by atoms with Crippen LogP contribution in [0.15, 0.2) is 34.6 Å². The van der Waals surface area contributed by atoms with Gasteiger partial charge in [0.25, 0.3) is 0 Å². The zero-order valence-electron chi connectivity index (χ0n) is 14.1. The first-order valence-electron chi connectivity index (χ1n) is 7.83. The quantitative estimate of drug-likeness (QED) is 0.338. The summed E-state index contributed by atoms with van der Waals surface area (Å²) >= 11 is 1.68. The number of hydrogen-bond donors (Lipinski definition) is 3. The van der Waals surface area contributed by atoms with E-state index in [2.05, 4.69) is 26.0 Å². The molecule has 2 aromatic rings. The SMILES string of the molecule is CCNC(=NCc1ccccc1CO)NCCc1csc(C)n1.I. The van der Waals surface area contributed by atoms with Crippen LogP contribution in [0.3, 0.4) is 0 Å². The van der Waals surface area contributed by atoms with Crippen molar-refractivity contribution in [1.82, 2.24) is 15.6 Å². The van der Waals surface area contributed by atoms with Crippen LogP contribution < -0.4 is 10.6 Å². The number of aliphatic hydroxyl groups excluding tert-OH is 1. The van der Waals surface area contributed by atoms with Gasteiger partial charge >= 0.3 is 0 Å². The molecule has 132 valence electrons. The van der Waals surface area contributed by atoms with Gasteiger partial charge in [0.1, 0.15) is 0 Å². The maximum atomic E-state index is 9.37. The molecule has 0 amide bonds. The van der Waals surface area contributed by atoms with Gasteiger partial charge in [-0.1, -0.05) is 24.3 Å². The first-order valence-corrected chi connectivity index (χ1v) is 8.71. The van der Waals surface area contributed by atoms with Gasteiger partial charge in [-0.25, -0.2) is 9.98 Å². The molecule has 7 heteroatoms. The van der Waals surface area contributed by atoms with E-state index in [1.165, 1.54) is 0 Å². The van der Waals surface area contributed by atoms with Gasteiger partial charge in [0.2, 0.25) is 0 Å². The van der Waals surface area contributed by atoms with Gasteiger partial charge in [-0.2, -0.15) is 0 Å². The number of thiazole rings is 1. The van der Waals surface area contributed by atoms with Crippen LogP contribution in [0.25, 0.3) is 0 Å². The second-order valence-corrected chi connectivity index (χ2v) is 6.22. The maximum Gasteiger partial charge on any atom is 0.191 e. The van der Waals surface area contributed by atoms with E-state index in [1.54, 1.807) is 11.3 Å². The fourth-order valence-electron chi connectivity index (χ4n) is 2.20. The molecular weight excluding hydrogens is 435 g/mol. The average molecular weight is 460 g/mol. The summed E-state index contributed by atoms with van der Waals surface area (Å²) < 4.78 is 0. The van der Waals surface area contributed by atoms with Crippen LogP contribution in [-0.4, -0.2) is 29.1 Å². The number of rotatable bonds is 7. The Labute approximate surface area is 164 Å². The highest BCUT2D eigenvalue weighted by molar-refractivity contribution is 14.0. The summed E-state index contributed by atoms with van der Waals surface area (Å²) in [5.74, 6) is 0.784. The standard InChI is InChI=1S/C17H24N4OS.HI/c1-3-18-17(19-9-8-16-12-23-13(2)21-16)20-10-14-6-4-5-7-15(14)11-22;/h4-7,12,22H,3,8-11H2,1-2H3,(H2,18,19,20);1H. The number of aromatic nitrogens is 1. The third kappa shape index (κ3) is 6.74. The molecule has 3 N–H and O–H groups in total. The molecule has 0 bridgehead atoms. The molecular formula is C17H25IN4OS. The number of benzene rings is 1. The Morgan fingerprint density at radius 2 is 2.00 bits per heavy atom. The second kappa shape index (κ2) is 11.4. The van der Waals surface area contributed by atoms with E-state index < -0.39 is 0 Å². The number of halogens is 1. The molecule has 2 rings (SSSR count). The number of aliphatic imine (C=N–C) groups is 1. The molecule has 1 heterocycles. The second-order valence-electron chi connectivity index (χ2n) is 5.16. The normalized spacial score (nSPS) is 11.0. The molecule has 0 unspecified atom stereocenters. The van der Waals surface area contributed by atoms with Gasteiger partial charge in [-0.15, -0.1) is 35.3 Å². The van der Waals surface area contributed by atoms with E-state index in [4.69, 9.17) is 0 Å². The van der Waals surface area contributed by atoms with Crippen molar-refractivity contribution < 1.29 is 5.11 Å². The van der Waals surface area contributed by atoms with Gasteiger partial charge in [0.15, 0.2) is 5.96 Å². The average Bonchev–Trinajstić information content (AvgIpc) is 2.98. The molecule has 0 fully saturated rings. The summed E-state index contributed by atoms with van der Waals surface area (Å²) in [5, 5.41) is 19.1. The highest BCUT2D eigenvalue weighted by Gasteiger charge is 2.03. The Hall–Kier alpha value is -1.19. The van der Waals surface area contributed by atoms with Crippen LogP contribution in [0.5, 0.6) is 0 Å². The number of aryl methyl sites for hydroxylation is 1. The molecule has 24 heavy (non-hydrogen) atoms. The van der Waals surface area contributed by atoms with Crippen LogP contribution in [-0.2, 0) is 19.6 Å². The molecule has 1 aromatic carbocycles. The fourth-order valence-corrected chi connectivity index (χ4v) is 2.85. The van der Waals surface area contributed by atoms with Gasteiger partial charge in [0, 0.05) is 24.9 Å². The molecule has 0 saturated heterocycles. The Morgan fingerprint density at radius 3 is 2.62 bits per heavy atom. The van der Waals surface area contributed by atoms with E-state index in [9.17, 15) is 5.11 Å². The van der Waals surface area contributed by atoms with Crippen LogP contribution in [0.4, 0.5) is 0 Å². The summed E-state index contributed by atoms with van der Waals surface area (Å²) in [6.07, 6.45) is 0.877. The van der Waals surface area contributed by atoms with Crippen molar-refractivity contribution in [1.29, 1.82) is 0 Å². The molecule has 0 aliphatic heterocycles. The van der Waals surface area contributed by atoms with Crippen LogP contribution in [0.1, 0.15) is 28.8 Å². The van der Waals surface area contributed by atoms with Crippen molar-refractivity contribution in [2.24, 2.45) is 4.99 Å². The zero-order chi connectivity index (χ0) is 16.5. The lowest BCUT2D eigenvalue weighted by molar-refractivity contribution is 0.280. The summed E-state index contributed by atoms with van der Waals surface area (Å²) in [5.41, 5.74) is 3.08. The summed E-state index contributed by atoms with van der Waals surface area (Å²) in [6, 6.07) is 7.82. The molecule has 0 aliphatic rings.